The largest absolute Gasteiger partial charge is 0.420 e. The number of aliphatic hydroxyl groups is 1. The van der Waals surface area contributed by atoms with E-state index in [9.17, 15) is 14.7 Å². The number of nitrogens with two attached hydrogens (primary N) is 1. The van der Waals surface area contributed by atoms with Crippen molar-refractivity contribution in [2.45, 2.75) is 98.5 Å². The zero-order chi connectivity index (χ0) is 24.8. The zero-order valence-corrected chi connectivity index (χ0v) is 21.3. The number of ether oxygens (including phenoxy) is 1. The van der Waals surface area contributed by atoms with E-state index in [4.69, 9.17) is 5.73 Å². The first kappa shape index (κ1) is 29.0. The van der Waals surface area contributed by atoms with Gasteiger partial charge in [-0.25, -0.2) is 9.59 Å². The number of rotatable bonds is 15. The lowest BCUT2D eigenvalue weighted by molar-refractivity contribution is 0.0724. The fourth-order valence-corrected chi connectivity index (χ4v) is 4.54. The van der Waals surface area contributed by atoms with Crippen molar-refractivity contribution in [2.24, 2.45) is 29.4 Å². The van der Waals surface area contributed by atoms with E-state index in [2.05, 4.69) is 44.7 Å². The zero-order valence-electron chi connectivity index (χ0n) is 21.3. The number of benzene rings is 1. The van der Waals surface area contributed by atoms with Crippen LogP contribution in [-0.2, 0) is 4.74 Å². The van der Waals surface area contributed by atoms with Crippen molar-refractivity contribution in [3.63, 3.8) is 0 Å². The molecule has 6 nitrogen and oxygen atoms in total. The predicted octanol–water partition coefficient (Wildman–Crippen LogP) is 7.42. The molecule has 6 heteroatoms. The maximum atomic E-state index is 11.5. The number of anilines is 1. The van der Waals surface area contributed by atoms with Gasteiger partial charge in [-0.2, -0.15) is 0 Å². The van der Waals surface area contributed by atoms with Crippen LogP contribution in [0, 0.1) is 23.7 Å². The van der Waals surface area contributed by atoms with Gasteiger partial charge in [-0.05, 0) is 47.8 Å². The van der Waals surface area contributed by atoms with Crippen LogP contribution in [0.5, 0.6) is 0 Å². The number of carbonyl (C=O) groups is 2. The van der Waals surface area contributed by atoms with Gasteiger partial charge in [-0.3, -0.25) is 5.32 Å². The average Bonchev–Trinajstić information content (AvgIpc) is 2.74. The van der Waals surface area contributed by atoms with Gasteiger partial charge in [0.25, 0.3) is 0 Å². The lowest BCUT2D eigenvalue weighted by atomic mass is 9.80. The molecule has 33 heavy (non-hydrogen) atoms. The highest BCUT2D eigenvalue weighted by Crippen LogP contribution is 2.34. The molecule has 2 amide bonds. The molecule has 0 aliphatic heterocycles. The quantitative estimate of drug-likeness (QED) is 0.186. The number of unbranched alkanes of at least 4 members (excludes halogenated alkanes) is 4. The molecule has 1 aromatic rings. The molecular weight excluding hydrogens is 416 g/mol. The van der Waals surface area contributed by atoms with Crippen LogP contribution in [0.4, 0.5) is 15.3 Å². The van der Waals surface area contributed by atoms with Gasteiger partial charge in [0.2, 0.25) is 0 Å². The van der Waals surface area contributed by atoms with E-state index in [0.717, 1.165) is 24.3 Å². The minimum atomic E-state index is -1.16. The summed E-state index contributed by atoms with van der Waals surface area (Å²) in [7, 11) is 0. The minimum Gasteiger partial charge on any atom is -0.388 e. The van der Waals surface area contributed by atoms with Crippen LogP contribution in [-0.4, -0.2) is 17.3 Å². The molecule has 0 spiro atoms. The first-order valence-corrected chi connectivity index (χ1v) is 12.7. The molecule has 0 aromatic heterocycles. The van der Waals surface area contributed by atoms with Gasteiger partial charge in [-0.1, -0.05) is 98.1 Å². The Morgan fingerprint density at radius 2 is 1.52 bits per heavy atom. The van der Waals surface area contributed by atoms with Crippen molar-refractivity contribution in [1.29, 1.82) is 0 Å². The molecule has 3 unspecified atom stereocenters. The molecule has 0 aliphatic carbocycles. The molecule has 0 aliphatic rings. The molecule has 1 rings (SSSR count). The summed E-state index contributed by atoms with van der Waals surface area (Å²) in [6, 6.07) is 6.97. The van der Waals surface area contributed by atoms with Gasteiger partial charge in [0, 0.05) is 5.69 Å². The molecule has 4 N–H and O–H groups in total. The standard InChI is InChI=1S/C27H46N2O4/c1-6-7-8-9-10-12-21(19(2)3)13-11-14-24(20(4)5)25(30)22-15-17-23(18-16-22)29-27(32)33-26(28)31/h15-21,24-25,30H,6-14H2,1-5H3,(H2,28,31)(H,29,32). The number of hydrogen-bond acceptors (Lipinski definition) is 4. The van der Waals surface area contributed by atoms with Crippen molar-refractivity contribution in [3.05, 3.63) is 29.8 Å². The molecule has 3 atom stereocenters. The van der Waals surface area contributed by atoms with Gasteiger partial charge in [0.15, 0.2) is 0 Å². The van der Waals surface area contributed by atoms with E-state index in [1.165, 1.54) is 44.9 Å². The summed E-state index contributed by atoms with van der Waals surface area (Å²) in [6.45, 7) is 11.2. The van der Waals surface area contributed by atoms with E-state index < -0.39 is 18.3 Å². The Kier molecular flexibility index (Phi) is 13.8. The van der Waals surface area contributed by atoms with Crippen LogP contribution < -0.4 is 11.1 Å². The van der Waals surface area contributed by atoms with Gasteiger partial charge < -0.3 is 15.6 Å². The van der Waals surface area contributed by atoms with Gasteiger partial charge >= 0.3 is 12.2 Å². The van der Waals surface area contributed by atoms with Gasteiger partial charge in [0.05, 0.1) is 6.10 Å². The number of primary amides is 1. The average molecular weight is 463 g/mol. The maximum Gasteiger partial charge on any atom is 0.420 e. The van der Waals surface area contributed by atoms with Crippen LogP contribution in [0.1, 0.15) is 104 Å². The van der Waals surface area contributed by atoms with E-state index in [0.29, 0.717) is 17.5 Å². The molecule has 1 aromatic carbocycles. The van der Waals surface area contributed by atoms with E-state index in [1.54, 1.807) is 24.3 Å². The summed E-state index contributed by atoms with van der Waals surface area (Å²) >= 11 is 0. The lowest BCUT2D eigenvalue weighted by Gasteiger charge is -2.28. The molecule has 188 valence electrons. The van der Waals surface area contributed by atoms with Crippen LogP contribution in [0.15, 0.2) is 24.3 Å². The lowest BCUT2D eigenvalue weighted by Crippen LogP contribution is -2.22. The van der Waals surface area contributed by atoms with E-state index in [-0.39, 0.29) is 5.92 Å². The van der Waals surface area contributed by atoms with Crippen molar-refractivity contribution < 1.29 is 19.4 Å². The minimum absolute atomic E-state index is 0.168. The number of carbonyl (C=O) groups excluding carboxylic acids is 2. The molecule has 0 fully saturated rings. The number of aliphatic hydroxyl groups excluding tert-OH is 1. The highest BCUT2D eigenvalue weighted by molar-refractivity contribution is 5.91. The van der Waals surface area contributed by atoms with E-state index >= 15 is 0 Å². The van der Waals surface area contributed by atoms with Gasteiger partial charge in [0.1, 0.15) is 0 Å². The Bertz CT molecular complexity index is 688. The van der Waals surface area contributed by atoms with Crippen LogP contribution in [0.25, 0.3) is 0 Å². The topological polar surface area (TPSA) is 102 Å². The predicted molar refractivity (Wildman–Crippen MR) is 135 cm³/mol. The van der Waals surface area contributed by atoms with E-state index in [1.807, 2.05) is 0 Å². The number of hydrogen-bond donors (Lipinski definition) is 3. The molecular formula is C27H46N2O4. The Labute approximate surface area is 200 Å². The first-order valence-electron chi connectivity index (χ1n) is 12.7. The number of nitrogens with one attached hydrogen (secondary N) is 1. The van der Waals surface area contributed by atoms with Crippen molar-refractivity contribution in [3.8, 4) is 0 Å². The molecule has 0 heterocycles. The van der Waals surface area contributed by atoms with Gasteiger partial charge in [-0.15, -0.1) is 0 Å². The Hall–Kier alpha value is -2.08. The first-order chi connectivity index (χ1) is 15.6. The fourth-order valence-electron chi connectivity index (χ4n) is 4.54. The van der Waals surface area contributed by atoms with Crippen molar-refractivity contribution in [1.82, 2.24) is 0 Å². The SMILES string of the molecule is CCCCCCCC(CCCC(C(C)C)C(O)c1ccc(NC(=O)OC(N)=O)cc1)C(C)C. The molecule has 0 saturated carbocycles. The summed E-state index contributed by atoms with van der Waals surface area (Å²) in [5.74, 6) is 1.97. The summed E-state index contributed by atoms with van der Waals surface area (Å²) in [4.78, 5) is 22.1. The fraction of sp³-hybridized carbons (Fsp3) is 0.704. The molecule has 0 bridgehead atoms. The second kappa shape index (κ2) is 15.7. The summed E-state index contributed by atoms with van der Waals surface area (Å²) in [6.07, 6.45) is 8.63. The Morgan fingerprint density at radius 1 is 0.909 bits per heavy atom. The third kappa shape index (κ3) is 11.6. The maximum absolute atomic E-state index is 11.5. The second-order valence-electron chi connectivity index (χ2n) is 9.95. The number of amides is 2. The van der Waals surface area contributed by atoms with Crippen molar-refractivity contribution >= 4 is 17.9 Å². The highest BCUT2D eigenvalue weighted by atomic mass is 16.6. The van der Waals surface area contributed by atoms with Crippen molar-refractivity contribution in [2.75, 3.05) is 5.32 Å². The molecule has 0 saturated heterocycles. The smallest absolute Gasteiger partial charge is 0.388 e. The Balaban J connectivity index is 2.61. The third-order valence-corrected chi connectivity index (χ3v) is 6.69. The van der Waals surface area contributed by atoms with Crippen LogP contribution >= 0.6 is 0 Å². The Morgan fingerprint density at radius 3 is 2.06 bits per heavy atom. The summed E-state index contributed by atoms with van der Waals surface area (Å²) in [5.41, 5.74) is 6.12. The summed E-state index contributed by atoms with van der Waals surface area (Å²) in [5, 5.41) is 13.5. The molecule has 0 radical (unpaired) electrons. The normalized spacial score (nSPS) is 14.2. The monoisotopic (exact) mass is 462 g/mol. The highest BCUT2D eigenvalue weighted by Gasteiger charge is 2.25. The van der Waals surface area contributed by atoms with Crippen LogP contribution in [0.2, 0.25) is 0 Å². The summed E-state index contributed by atoms with van der Waals surface area (Å²) < 4.78 is 4.26. The third-order valence-electron chi connectivity index (χ3n) is 6.69. The van der Waals surface area contributed by atoms with Crippen LogP contribution in [0.3, 0.4) is 0 Å². The second-order valence-corrected chi connectivity index (χ2v) is 9.95.